The Kier molecular flexibility index (Phi) is 10.1. The monoisotopic (exact) mass is 310 g/mol. The van der Waals surface area contributed by atoms with Gasteiger partial charge >= 0.3 is 0 Å². The third-order valence-corrected chi connectivity index (χ3v) is 4.45. The fraction of sp³-hybridized carbons (Fsp3) is 0.765. The first kappa shape index (κ1) is 18.1. The topological polar surface area (TPSA) is 42.0 Å². The minimum Gasteiger partial charge on any atom is -0.302 e. The number of amides is 1. The molecule has 0 aromatic carbocycles. The molecule has 120 valence electrons. The number of rotatable bonds is 12. The first-order chi connectivity index (χ1) is 10.2. The second-order valence-electron chi connectivity index (χ2n) is 5.76. The van der Waals surface area contributed by atoms with Gasteiger partial charge in [0.15, 0.2) is 5.13 Å². The van der Waals surface area contributed by atoms with Crippen LogP contribution in [0.4, 0.5) is 5.13 Å². The molecule has 1 aromatic rings. The first-order valence-corrected chi connectivity index (χ1v) is 9.26. The van der Waals surface area contributed by atoms with Crippen molar-refractivity contribution in [1.82, 2.24) is 4.98 Å². The van der Waals surface area contributed by atoms with E-state index in [0.29, 0.717) is 6.42 Å². The fourth-order valence-electron chi connectivity index (χ4n) is 2.37. The summed E-state index contributed by atoms with van der Waals surface area (Å²) in [6, 6.07) is 0. The molecule has 0 aliphatic heterocycles. The van der Waals surface area contributed by atoms with Crippen LogP contribution in [0.1, 0.15) is 82.4 Å². The maximum atomic E-state index is 11.7. The van der Waals surface area contributed by atoms with Crippen molar-refractivity contribution in [1.29, 1.82) is 0 Å². The van der Waals surface area contributed by atoms with Gasteiger partial charge in [-0.2, -0.15) is 0 Å². The molecule has 1 heterocycles. The zero-order valence-electron chi connectivity index (χ0n) is 13.6. The van der Waals surface area contributed by atoms with Gasteiger partial charge in [0.2, 0.25) is 5.91 Å². The normalized spacial score (nSPS) is 10.8. The zero-order valence-corrected chi connectivity index (χ0v) is 14.4. The summed E-state index contributed by atoms with van der Waals surface area (Å²) in [5.41, 5.74) is 0. The molecule has 0 aliphatic rings. The van der Waals surface area contributed by atoms with Crippen LogP contribution in [0.3, 0.4) is 0 Å². The fourth-order valence-corrected chi connectivity index (χ4v) is 3.05. The number of thiazole rings is 1. The molecule has 0 bridgehead atoms. The highest BCUT2D eigenvalue weighted by Crippen LogP contribution is 2.17. The predicted molar refractivity (Wildman–Crippen MR) is 91.9 cm³/mol. The van der Waals surface area contributed by atoms with E-state index in [1.54, 1.807) is 6.20 Å². The summed E-state index contributed by atoms with van der Waals surface area (Å²) in [5.74, 6) is 0.101. The summed E-state index contributed by atoms with van der Waals surface area (Å²) in [6.45, 7) is 4.25. The van der Waals surface area contributed by atoms with E-state index in [9.17, 15) is 4.79 Å². The van der Waals surface area contributed by atoms with E-state index in [1.807, 2.05) is 6.92 Å². The van der Waals surface area contributed by atoms with E-state index >= 15 is 0 Å². The van der Waals surface area contributed by atoms with E-state index in [-0.39, 0.29) is 5.91 Å². The molecule has 0 saturated heterocycles. The number of aromatic nitrogens is 1. The average Bonchev–Trinajstić information content (AvgIpc) is 2.86. The molecular formula is C17H30N2OS. The van der Waals surface area contributed by atoms with Crippen LogP contribution in [-0.4, -0.2) is 10.9 Å². The van der Waals surface area contributed by atoms with E-state index in [2.05, 4.69) is 17.2 Å². The number of hydrogen-bond donors (Lipinski definition) is 1. The number of anilines is 1. The lowest BCUT2D eigenvalue weighted by atomic mass is 10.1. The molecule has 3 nitrogen and oxygen atoms in total. The molecule has 1 N–H and O–H groups in total. The van der Waals surface area contributed by atoms with Gasteiger partial charge in [-0.1, -0.05) is 64.7 Å². The average molecular weight is 311 g/mol. The molecule has 0 unspecified atom stereocenters. The lowest BCUT2D eigenvalue weighted by molar-refractivity contribution is -0.116. The lowest BCUT2D eigenvalue weighted by Crippen LogP contribution is -2.10. The van der Waals surface area contributed by atoms with Gasteiger partial charge in [-0.15, -0.1) is 11.3 Å². The quantitative estimate of drug-likeness (QED) is 0.503. The van der Waals surface area contributed by atoms with Crippen LogP contribution in [0, 0.1) is 6.92 Å². The number of unbranched alkanes of at least 4 members (excludes halogenated alkanes) is 9. The number of carbonyl (C=O) groups excluding carboxylic acids is 1. The van der Waals surface area contributed by atoms with Crippen LogP contribution in [0.2, 0.25) is 0 Å². The minimum atomic E-state index is 0.101. The second-order valence-corrected chi connectivity index (χ2v) is 6.99. The Balaban J connectivity index is 1.88. The number of nitrogens with zero attached hydrogens (tertiary/aromatic N) is 1. The molecule has 21 heavy (non-hydrogen) atoms. The van der Waals surface area contributed by atoms with Crippen molar-refractivity contribution >= 4 is 22.4 Å². The van der Waals surface area contributed by atoms with Crippen molar-refractivity contribution in [3.63, 3.8) is 0 Å². The lowest BCUT2D eigenvalue weighted by Gasteiger charge is -2.03. The summed E-state index contributed by atoms with van der Waals surface area (Å²) >= 11 is 1.53. The summed E-state index contributed by atoms with van der Waals surface area (Å²) < 4.78 is 0. The van der Waals surface area contributed by atoms with E-state index in [0.717, 1.165) is 16.4 Å². The molecule has 4 heteroatoms. The van der Waals surface area contributed by atoms with Gasteiger partial charge in [0.05, 0.1) is 0 Å². The Bertz CT molecular complexity index is 390. The standard InChI is InChI=1S/C17H30N2OS/c1-3-4-5-6-7-8-9-10-11-12-13-16(20)19-17-18-14-15(2)21-17/h14H,3-13H2,1-2H3,(H,18,19,20). The Morgan fingerprint density at radius 2 is 1.62 bits per heavy atom. The van der Waals surface area contributed by atoms with Crippen molar-refractivity contribution in [2.75, 3.05) is 5.32 Å². The highest BCUT2D eigenvalue weighted by Gasteiger charge is 2.04. The Hall–Kier alpha value is -0.900. The highest BCUT2D eigenvalue weighted by atomic mass is 32.1. The molecule has 1 rings (SSSR count). The number of carbonyl (C=O) groups is 1. The largest absolute Gasteiger partial charge is 0.302 e. The third kappa shape index (κ3) is 9.62. The second kappa shape index (κ2) is 11.7. The van der Waals surface area contributed by atoms with Crippen LogP contribution in [0.5, 0.6) is 0 Å². The molecule has 0 radical (unpaired) electrons. The minimum absolute atomic E-state index is 0.101. The van der Waals surface area contributed by atoms with Crippen LogP contribution in [-0.2, 0) is 4.79 Å². The summed E-state index contributed by atoms with van der Waals surface area (Å²) in [7, 11) is 0. The first-order valence-electron chi connectivity index (χ1n) is 8.44. The van der Waals surface area contributed by atoms with Gasteiger partial charge < -0.3 is 5.32 Å². The van der Waals surface area contributed by atoms with Crippen LogP contribution < -0.4 is 5.32 Å². The number of nitrogens with one attached hydrogen (secondary N) is 1. The molecule has 0 aliphatic carbocycles. The smallest absolute Gasteiger partial charge is 0.226 e. The van der Waals surface area contributed by atoms with Crippen molar-refractivity contribution in [2.24, 2.45) is 0 Å². The van der Waals surface area contributed by atoms with Crippen molar-refractivity contribution in [3.8, 4) is 0 Å². The molecule has 0 fully saturated rings. The summed E-state index contributed by atoms with van der Waals surface area (Å²) in [6.07, 6.45) is 15.4. The van der Waals surface area contributed by atoms with Crippen molar-refractivity contribution in [3.05, 3.63) is 11.1 Å². The van der Waals surface area contributed by atoms with Gasteiger partial charge in [0, 0.05) is 17.5 Å². The summed E-state index contributed by atoms with van der Waals surface area (Å²) in [5, 5.41) is 3.59. The van der Waals surface area contributed by atoms with E-state index in [4.69, 9.17) is 0 Å². The summed E-state index contributed by atoms with van der Waals surface area (Å²) in [4.78, 5) is 17.0. The zero-order chi connectivity index (χ0) is 15.3. The Morgan fingerprint density at radius 1 is 1.05 bits per heavy atom. The molecule has 0 saturated carbocycles. The maximum absolute atomic E-state index is 11.7. The maximum Gasteiger partial charge on any atom is 0.226 e. The Morgan fingerprint density at radius 3 is 2.14 bits per heavy atom. The van der Waals surface area contributed by atoms with E-state index in [1.165, 1.54) is 69.1 Å². The van der Waals surface area contributed by atoms with Gasteiger partial charge in [-0.3, -0.25) is 4.79 Å². The van der Waals surface area contributed by atoms with Crippen molar-refractivity contribution in [2.45, 2.75) is 84.5 Å². The van der Waals surface area contributed by atoms with Gasteiger partial charge in [-0.25, -0.2) is 4.98 Å². The van der Waals surface area contributed by atoms with E-state index < -0.39 is 0 Å². The number of hydrogen-bond acceptors (Lipinski definition) is 3. The van der Waals surface area contributed by atoms with Crippen LogP contribution >= 0.6 is 11.3 Å². The SMILES string of the molecule is CCCCCCCCCCCCC(=O)Nc1ncc(C)s1. The Labute approximate surface area is 133 Å². The van der Waals surface area contributed by atoms with Crippen LogP contribution in [0.25, 0.3) is 0 Å². The van der Waals surface area contributed by atoms with Crippen molar-refractivity contribution < 1.29 is 4.79 Å². The van der Waals surface area contributed by atoms with Gasteiger partial charge in [0.1, 0.15) is 0 Å². The van der Waals surface area contributed by atoms with Crippen LogP contribution in [0.15, 0.2) is 6.20 Å². The van der Waals surface area contributed by atoms with Gasteiger partial charge in [-0.05, 0) is 13.3 Å². The molecule has 1 aromatic heterocycles. The van der Waals surface area contributed by atoms with Gasteiger partial charge in [0.25, 0.3) is 0 Å². The molecule has 0 atom stereocenters. The predicted octanol–water partition coefficient (Wildman–Crippen LogP) is 5.70. The third-order valence-electron chi connectivity index (χ3n) is 3.63. The molecular weight excluding hydrogens is 280 g/mol. The highest BCUT2D eigenvalue weighted by molar-refractivity contribution is 7.15. The molecule has 0 spiro atoms. The molecule has 1 amide bonds. The number of aryl methyl sites for hydroxylation is 1.